The molecule has 1 radical (unpaired) electrons. The molecular formula is C30H61O. The molecule has 1 unspecified atom stereocenters. The summed E-state index contributed by atoms with van der Waals surface area (Å²) in [6, 6.07) is 0. The van der Waals surface area contributed by atoms with Crippen molar-refractivity contribution in [3.8, 4) is 0 Å². The highest BCUT2D eigenvalue weighted by Crippen LogP contribution is 2.16. The van der Waals surface area contributed by atoms with Gasteiger partial charge < -0.3 is 5.11 Å². The van der Waals surface area contributed by atoms with Crippen molar-refractivity contribution in [1.29, 1.82) is 0 Å². The van der Waals surface area contributed by atoms with Gasteiger partial charge in [-0.3, -0.25) is 0 Å². The zero-order valence-corrected chi connectivity index (χ0v) is 22.0. The number of aliphatic hydroxyl groups is 1. The van der Waals surface area contributed by atoms with Crippen LogP contribution in [0.1, 0.15) is 181 Å². The van der Waals surface area contributed by atoms with Crippen LogP contribution >= 0.6 is 0 Å². The van der Waals surface area contributed by atoms with E-state index in [2.05, 4.69) is 20.3 Å². The normalized spacial score (nSPS) is 12.5. The lowest BCUT2D eigenvalue weighted by molar-refractivity contribution is 0.187. The second-order valence-corrected chi connectivity index (χ2v) is 10.2. The van der Waals surface area contributed by atoms with E-state index in [1.165, 1.54) is 154 Å². The number of hydrogen-bond acceptors (Lipinski definition) is 1. The first kappa shape index (κ1) is 31.0. The number of aliphatic hydroxyl groups excluding tert-OH is 1. The van der Waals surface area contributed by atoms with E-state index in [1.807, 2.05) is 0 Å². The fourth-order valence-corrected chi connectivity index (χ4v) is 4.61. The third-order valence-electron chi connectivity index (χ3n) is 6.85. The smallest absolute Gasteiger partial charge is 0.0572 e. The molecular weight excluding hydrogens is 376 g/mol. The van der Waals surface area contributed by atoms with Crippen LogP contribution in [0, 0.1) is 6.42 Å². The average Bonchev–Trinajstić information content (AvgIpc) is 2.77. The molecule has 187 valence electrons. The minimum Gasteiger partial charge on any atom is -0.393 e. The third kappa shape index (κ3) is 27.9. The lowest BCUT2D eigenvalue weighted by atomic mass is 10.0. The molecule has 1 atom stereocenters. The van der Waals surface area contributed by atoms with Gasteiger partial charge >= 0.3 is 0 Å². The summed E-state index contributed by atoms with van der Waals surface area (Å²) in [4.78, 5) is 0. The summed E-state index contributed by atoms with van der Waals surface area (Å²) < 4.78 is 0. The van der Waals surface area contributed by atoms with Crippen LogP contribution in [0.25, 0.3) is 0 Å². The Morgan fingerprint density at radius 1 is 0.419 bits per heavy atom. The first-order valence-corrected chi connectivity index (χ1v) is 14.8. The van der Waals surface area contributed by atoms with E-state index in [0.29, 0.717) is 0 Å². The van der Waals surface area contributed by atoms with Crippen molar-refractivity contribution in [2.75, 3.05) is 0 Å². The molecule has 0 spiro atoms. The van der Waals surface area contributed by atoms with Crippen LogP contribution in [0.2, 0.25) is 0 Å². The third-order valence-corrected chi connectivity index (χ3v) is 6.85. The predicted octanol–water partition coefficient (Wildman–Crippen LogP) is 10.7. The van der Waals surface area contributed by atoms with Crippen LogP contribution in [-0.2, 0) is 0 Å². The van der Waals surface area contributed by atoms with Crippen molar-refractivity contribution in [2.24, 2.45) is 0 Å². The minimum absolute atomic E-state index is 0.156. The number of rotatable bonds is 27. The molecule has 0 saturated heterocycles. The molecule has 0 amide bonds. The summed E-state index contributed by atoms with van der Waals surface area (Å²) in [6.45, 7) is 4.57. The standard InChI is InChI=1S/C30H61O/c1-3-5-7-9-11-13-14-15-16-17-18-19-21-23-25-27-29-30(31)28-26-24-22-20-12-10-8-6-4-2/h29-31H,3-28H2,1-2H3. The molecule has 0 saturated carbocycles. The Kier molecular flexibility index (Phi) is 28.0. The minimum atomic E-state index is -0.156. The van der Waals surface area contributed by atoms with Crippen molar-refractivity contribution < 1.29 is 5.11 Å². The molecule has 0 bridgehead atoms. The zero-order valence-electron chi connectivity index (χ0n) is 22.0. The van der Waals surface area contributed by atoms with Gasteiger partial charge in [0.1, 0.15) is 0 Å². The fourth-order valence-electron chi connectivity index (χ4n) is 4.61. The molecule has 0 fully saturated rings. The molecule has 1 nitrogen and oxygen atoms in total. The molecule has 0 aliphatic carbocycles. The molecule has 0 rings (SSSR count). The molecule has 0 aromatic rings. The van der Waals surface area contributed by atoms with E-state index in [4.69, 9.17) is 0 Å². The maximum Gasteiger partial charge on any atom is 0.0572 e. The SMILES string of the molecule is CCCCCCCCCCCCCCCCC[CH]C(O)CCCCCCCCCCC. The van der Waals surface area contributed by atoms with Crippen LogP contribution < -0.4 is 0 Å². The largest absolute Gasteiger partial charge is 0.393 e. The number of unbranched alkanes of at least 4 members (excludes halogenated alkanes) is 23. The Labute approximate surface area is 198 Å². The molecule has 0 aromatic heterocycles. The van der Waals surface area contributed by atoms with Gasteiger partial charge in [-0.2, -0.15) is 0 Å². The van der Waals surface area contributed by atoms with E-state index < -0.39 is 0 Å². The van der Waals surface area contributed by atoms with Crippen LogP contribution in [0.5, 0.6) is 0 Å². The maximum atomic E-state index is 10.1. The van der Waals surface area contributed by atoms with E-state index in [-0.39, 0.29) is 6.10 Å². The van der Waals surface area contributed by atoms with Crippen LogP contribution in [0.3, 0.4) is 0 Å². The highest BCUT2D eigenvalue weighted by molar-refractivity contribution is 4.75. The van der Waals surface area contributed by atoms with E-state index in [1.54, 1.807) is 0 Å². The fraction of sp³-hybridized carbons (Fsp3) is 0.967. The Morgan fingerprint density at radius 3 is 1.06 bits per heavy atom. The van der Waals surface area contributed by atoms with Gasteiger partial charge in [0, 0.05) is 0 Å². The summed E-state index contributed by atoms with van der Waals surface area (Å²) in [6.07, 6.45) is 37.7. The van der Waals surface area contributed by atoms with Crippen molar-refractivity contribution >= 4 is 0 Å². The van der Waals surface area contributed by atoms with Gasteiger partial charge in [0.15, 0.2) is 0 Å². The van der Waals surface area contributed by atoms with Crippen molar-refractivity contribution in [1.82, 2.24) is 0 Å². The second kappa shape index (κ2) is 28.0. The lowest BCUT2D eigenvalue weighted by Gasteiger charge is -2.10. The second-order valence-electron chi connectivity index (χ2n) is 10.2. The van der Waals surface area contributed by atoms with E-state index in [0.717, 1.165) is 12.8 Å². The molecule has 1 heteroatoms. The van der Waals surface area contributed by atoms with Crippen LogP contribution in [0.15, 0.2) is 0 Å². The van der Waals surface area contributed by atoms with Gasteiger partial charge in [0.25, 0.3) is 0 Å². The van der Waals surface area contributed by atoms with Gasteiger partial charge in [-0.05, 0) is 19.3 Å². The molecule has 1 N–H and O–H groups in total. The summed E-state index contributed by atoms with van der Waals surface area (Å²) in [5.74, 6) is 0. The Bertz CT molecular complexity index is 301. The van der Waals surface area contributed by atoms with Gasteiger partial charge in [-0.1, -0.05) is 168 Å². The molecule has 31 heavy (non-hydrogen) atoms. The topological polar surface area (TPSA) is 20.2 Å². The molecule has 0 aliphatic heterocycles. The van der Waals surface area contributed by atoms with Gasteiger partial charge in [-0.25, -0.2) is 0 Å². The van der Waals surface area contributed by atoms with Crippen molar-refractivity contribution in [2.45, 2.75) is 187 Å². The van der Waals surface area contributed by atoms with Crippen molar-refractivity contribution in [3.05, 3.63) is 6.42 Å². The summed E-state index contributed by atoms with van der Waals surface area (Å²) in [5, 5.41) is 10.1. The Hall–Kier alpha value is -0.0400. The van der Waals surface area contributed by atoms with Gasteiger partial charge in [0.2, 0.25) is 0 Å². The molecule has 0 heterocycles. The average molecular weight is 438 g/mol. The van der Waals surface area contributed by atoms with Crippen LogP contribution in [0.4, 0.5) is 0 Å². The Morgan fingerprint density at radius 2 is 0.710 bits per heavy atom. The monoisotopic (exact) mass is 437 g/mol. The first-order chi connectivity index (χ1) is 15.3. The lowest BCUT2D eigenvalue weighted by Crippen LogP contribution is -2.06. The summed E-state index contributed by atoms with van der Waals surface area (Å²) in [5.41, 5.74) is 0. The summed E-state index contributed by atoms with van der Waals surface area (Å²) >= 11 is 0. The molecule has 0 aromatic carbocycles. The predicted molar refractivity (Wildman–Crippen MR) is 142 cm³/mol. The van der Waals surface area contributed by atoms with E-state index in [9.17, 15) is 5.11 Å². The molecule has 0 aliphatic rings. The maximum absolute atomic E-state index is 10.1. The van der Waals surface area contributed by atoms with Gasteiger partial charge in [-0.15, -0.1) is 0 Å². The quantitative estimate of drug-likeness (QED) is 0.127. The number of hydrogen-bond donors (Lipinski definition) is 1. The van der Waals surface area contributed by atoms with E-state index >= 15 is 0 Å². The first-order valence-electron chi connectivity index (χ1n) is 14.8. The van der Waals surface area contributed by atoms with Gasteiger partial charge in [0.05, 0.1) is 6.10 Å². The summed E-state index contributed by atoms with van der Waals surface area (Å²) in [7, 11) is 0. The highest BCUT2D eigenvalue weighted by atomic mass is 16.3. The van der Waals surface area contributed by atoms with Crippen molar-refractivity contribution in [3.63, 3.8) is 0 Å². The highest BCUT2D eigenvalue weighted by Gasteiger charge is 2.04. The van der Waals surface area contributed by atoms with Crippen LogP contribution in [-0.4, -0.2) is 11.2 Å². The Balaban J connectivity index is 3.11. The zero-order chi connectivity index (χ0) is 22.7.